The van der Waals surface area contributed by atoms with Crippen molar-refractivity contribution in [1.29, 1.82) is 0 Å². The first-order valence-electron chi connectivity index (χ1n) is 8.03. The van der Waals surface area contributed by atoms with Crippen LogP contribution in [-0.2, 0) is 14.8 Å². The molecule has 1 fully saturated rings. The van der Waals surface area contributed by atoms with E-state index in [1.165, 1.54) is 19.2 Å². The van der Waals surface area contributed by atoms with E-state index in [2.05, 4.69) is 10.0 Å². The molecule has 0 saturated carbocycles. The van der Waals surface area contributed by atoms with E-state index < -0.39 is 10.0 Å². The number of benzene rings is 1. The number of likely N-dealkylation sites (N-methyl/N-ethyl adjacent to an activating group) is 1. The second kappa shape index (κ2) is 8.57. The van der Waals surface area contributed by atoms with Crippen LogP contribution in [0.3, 0.4) is 0 Å². The Morgan fingerprint density at radius 2 is 2.04 bits per heavy atom. The van der Waals surface area contributed by atoms with Gasteiger partial charge in [-0.1, -0.05) is 0 Å². The van der Waals surface area contributed by atoms with E-state index in [1.54, 1.807) is 12.1 Å². The van der Waals surface area contributed by atoms with Crippen LogP contribution in [-0.4, -0.2) is 65.7 Å². The monoisotopic (exact) mass is 355 g/mol. The van der Waals surface area contributed by atoms with Crippen LogP contribution in [0.4, 0.5) is 0 Å². The molecule has 1 aliphatic rings. The highest BCUT2D eigenvalue weighted by molar-refractivity contribution is 7.89. The van der Waals surface area contributed by atoms with Crippen LogP contribution >= 0.6 is 0 Å². The van der Waals surface area contributed by atoms with Crippen molar-refractivity contribution >= 4 is 15.9 Å². The molecule has 2 rings (SSSR count). The maximum absolute atomic E-state index is 12.5. The highest BCUT2D eigenvalue weighted by Crippen LogP contribution is 2.16. The van der Waals surface area contributed by atoms with Crippen LogP contribution < -0.4 is 10.0 Å². The third kappa shape index (κ3) is 4.76. The molecule has 1 aromatic carbocycles. The van der Waals surface area contributed by atoms with Gasteiger partial charge in [0.05, 0.1) is 11.5 Å². The Hall–Kier alpha value is -1.48. The summed E-state index contributed by atoms with van der Waals surface area (Å²) in [6.07, 6.45) is 2.03. The van der Waals surface area contributed by atoms with Gasteiger partial charge in [-0.2, -0.15) is 0 Å². The van der Waals surface area contributed by atoms with Gasteiger partial charge >= 0.3 is 0 Å². The van der Waals surface area contributed by atoms with Crippen molar-refractivity contribution in [2.45, 2.75) is 23.8 Å². The number of methoxy groups -OCH3 is 1. The number of carbonyl (C=O) groups is 1. The van der Waals surface area contributed by atoms with E-state index in [9.17, 15) is 13.2 Å². The molecule has 1 aromatic rings. The Morgan fingerprint density at radius 1 is 1.33 bits per heavy atom. The summed E-state index contributed by atoms with van der Waals surface area (Å²) >= 11 is 0. The van der Waals surface area contributed by atoms with Crippen molar-refractivity contribution in [1.82, 2.24) is 14.9 Å². The fourth-order valence-electron chi connectivity index (χ4n) is 2.72. The topological polar surface area (TPSA) is 87.7 Å². The molecule has 1 unspecified atom stereocenters. The van der Waals surface area contributed by atoms with E-state index in [1.807, 2.05) is 11.9 Å². The van der Waals surface area contributed by atoms with Gasteiger partial charge in [0.2, 0.25) is 10.0 Å². The van der Waals surface area contributed by atoms with Gasteiger partial charge in [-0.25, -0.2) is 13.1 Å². The molecule has 134 valence electrons. The molecule has 24 heavy (non-hydrogen) atoms. The number of nitrogens with zero attached hydrogens (tertiary/aromatic N) is 1. The Labute approximate surface area is 143 Å². The maximum atomic E-state index is 12.5. The lowest BCUT2D eigenvalue weighted by Gasteiger charge is -2.32. The molecule has 0 spiro atoms. The second-order valence-electron chi connectivity index (χ2n) is 5.79. The second-order valence-corrected chi connectivity index (χ2v) is 7.56. The first-order valence-corrected chi connectivity index (χ1v) is 9.51. The van der Waals surface area contributed by atoms with E-state index in [4.69, 9.17) is 4.74 Å². The van der Waals surface area contributed by atoms with Gasteiger partial charge < -0.3 is 15.0 Å². The van der Waals surface area contributed by atoms with Gasteiger partial charge in [0, 0.05) is 38.3 Å². The summed E-state index contributed by atoms with van der Waals surface area (Å²) in [6, 6.07) is 6.36. The van der Waals surface area contributed by atoms with Crippen molar-refractivity contribution in [2.24, 2.45) is 0 Å². The third-order valence-electron chi connectivity index (χ3n) is 4.13. The molecule has 0 radical (unpaired) electrons. The number of hydrogen-bond acceptors (Lipinski definition) is 5. The molecule has 1 saturated heterocycles. The highest BCUT2D eigenvalue weighted by atomic mass is 32.2. The van der Waals surface area contributed by atoms with E-state index >= 15 is 0 Å². The first-order chi connectivity index (χ1) is 11.5. The lowest BCUT2D eigenvalue weighted by atomic mass is 10.0. The van der Waals surface area contributed by atoms with E-state index in [0.717, 1.165) is 19.4 Å². The molecule has 0 aromatic heterocycles. The molecule has 1 aliphatic heterocycles. The Kier molecular flexibility index (Phi) is 6.73. The summed E-state index contributed by atoms with van der Waals surface area (Å²) < 4.78 is 31.5. The molecule has 1 atom stereocenters. The average Bonchev–Trinajstić information content (AvgIpc) is 2.61. The van der Waals surface area contributed by atoms with Crippen LogP contribution in [0.5, 0.6) is 0 Å². The molecule has 8 heteroatoms. The normalized spacial score (nSPS) is 18.6. The fraction of sp³-hybridized carbons (Fsp3) is 0.562. The van der Waals surface area contributed by atoms with E-state index in [-0.39, 0.29) is 17.3 Å². The summed E-state index contributed by atoms with van der Waals surface area (Å²) in [7, 11) is -0.172. The summed E-state index contributed by atoms with van der Waals surface area (Å²) in [5.41, 5.74) is 0.502. The molecule has 0 aliphatic carbocycles. The number of carbonyl (C=O) groups excluding carboxylic acids is 1. The van der Waals surface area contributed by atoms with Crippen molar-refractivity contribution in [3.8, 4) is 0 Å². The molecule has 7 nitrogen and oxygen atoms in total. The zero-order valence-corrected chi connectivity index (χ0v) is 14.9. The van der Waals surface area contributed by atoms with Gasteiger partial charge in [0.1, 0.15) is 0 Å². The Morgan fingerprint density at radius 3 is 2.67 bits per heavy atom. The average molecular weight is 355 g/mol. The third-order valence-corrected chi connectivity index (χ3v) is 5.60. The quantitative estimate of drug-likeness (QED) is 0.693. The Bertz CT molecular complexity index is 646. The van der Waals surface area contributed by atoms with Gasteiger partial charge in [0.25, 0.3) is 5.91 Å². The van der Waals surface area contributed by atoms with Gasteiger partial charge in [-0.15, -0.1) is 0 Å². The van der Waals surface area contributed by atoms with Crippen LogP contribution in [0.15, 0.2) is 29.2 Å². The molecule has 2 N–H and O–H groups in total. The minimum absolute atomic E-state index is 0.0637. The van der Waals surface area contributed by atoms with E-state index in [0.29, 0.717) is 24.8 Å². The molecular formula is C16H25N3O4S. The predicted octanol–water partition coefficient (Wildman–Crippen LogP) is 0.435. The summed E-state index contributed by atoms with van der Waals surface area (Å²) in [6.45, 7) is 1.92. The van der Waals surface area contributed by atoms with Gasteiger partial charge in [0.15, 0.2) is 0 Å². The summed E-state index contributed by atoms with van der Waals surface area (Å²) in [5.74, 6) is -0.0637. The number of ether oxygens (including phenoxy) is 1. The molecular weight excluding hydrogens is 330 g/mol. The largest absolute Gasteiger partial charge is 0.383 e. The maximum Gasteiger partial charge on any atom is 0.253 e. The SMILES string of the molecule is CNC1CCCN(C(=O)c2ccc(S(=O)(=O)NCCOC)cc2)C1. The number of hydrogen-bond donors (Lipinski definition) is 2. The van der Waals surface area contributed by atoms with Crippen LogP contribution in [0.25, 0.3) is 0 Å². The number of sulfonamides is 1. The summed E-state index contributed by atoms with van der Waals surface area (Å²) in [4.78, 5) is 14.5. The van der Waals surface area contributed by atoms with Gasteiger partial charge in [-0.05, 0) is 44.2 Å². The molecule has 0 bridgehead atoms. The first kappa shape index (κ1) is 18.9. The van der Waals surface area contributed by atoms with Gasteiger partial charge in [-0.3, -0.25) is 4.79 Å². The zero-order valence-electron chi connectivity index (χ0n) is 14.1. The van der Waals surface area contributed by atoms with Crippen molar-refractivity contribution in [2.75, 3.05) is 40.4 Å². The zero-order chi connectivity index (χ0) is 17.6. The van der Waals surface area contributed by atoms with Crippen LogP contribution in [0.1, 0.15) is 23.2 Å². The molecule has 1 amide bonds. The van der Waals surface area contributed by atoms with Crippen LogP contribution in [0, 0.1) is 0 Å². The van der Waals surface area contributed by atoms with Crippen LogP contribution in [0.2, 0.25) is 0 Å². The number of likely N-dealkylation sites (tertiary alicyclic amines) is 1. The lowest BCUT2D eigenvalue weighted by Crippen LogP contribution is -2.46. The van der Waals surface area contributed by atoms with Crippen molar-refractivity contribution in [3.63, 3.8) is 0 Å². The molecule has 1 heterocycles. The Balaban J connectivity index is 2.04. The minimum Gasteiger partial charge on any atom is -0.383 e. The number of rotatable bonds is 7. The fourth-order valence-corrected chi connectivity index (χ4v) is 3.73. The minimum atomic E-state index is -3.58. The van der Waals surface area contributed by atoms with Crippen molar-refractivity contribution < 1.29 is 17.9 Å². The number of nitrogens with one attached hydrogen (secondary N) is 2. The lowest BCUT2D eigenvalue weighted by molar-refractivity contribution is 0.0698. The number of piperidine rings is 1. The standard InChI is InChI=1S/C16H25N3O4S/c1-17-14-4-3-10-19(12-14)16(20)13-5-7-15(8-6-13)24(21,22)18-9-11-23-2/h5-8,14,17-18H,3-4,9-12H2,1-2H3. The smallest absolute Gasteiger partial charge is 0.253 e. The highest BCUT2D eigenvalue weighted by Gasteiger charge is 2.24. The van der Waals surface area contributed by atoms with Crippen molar-refractivity contribution in [3.05, 3.63) is 29.8 Å². The number of amides is 1. The summed E-state index contributed by atoms with van der Waals surface area (Å²) in [5, 5.41) is 3.20. The predicted molar refractivity (Wildman–Crippen MR) is 91.5 cm³/mol.